The maximum Gasteiger partial charge on any atom is 0.317 e. The molecule has 15 heteroatoms. The van der Waals surface area contributed by atoms with Crippen LogP contribution in [-0.2, 0) is 55.5 Å². The molecule has 2 heterocycles. The number of pyridine rings is 2. The van der Waals surface area contributed by atoms with Crippen molar-refractivity contribution in [2.75, 3.05) is 34.4 Å². The Labute approximate surface area is 373 Å². The van der Waals surface area contributed by atoms with E-state index in [0.29, 0.717) is 29.2 Å². The summed E-state index contributed by atoms with van der Waals surface area (Å²) in [5.74, 6) is -0.241. The number of hydrogen-bond acceptors (Lipinski definition) is 9. The first-order valence-corrected chi connectivity index (χ1v) is 21.2. The van der Waals surface area contributed by atoms with Crippen LogP contribution in [0.4, 0.5) is 0 Å². The molecule has 4 aromatic rings. The third-order valence-electron chi connectivity index (χ3n) is 8.69. The van der Waals surface area contributed by atoms with Gasteiger partial charge in [-0.1, -0.05) is 76.2 Å². The Morgan fingerprint density at radius 1 is 0.600 bits per heavy atom. The van der Waals surface area contributed by atoms with Gasteiger partial charge < -0.3 is 47.8 Å². The van der Waals surface area contributed by atoms with Crippen LogP contribution >= 0.6 is 0 Å². The zero-order valence-corrected chi connectivity index (χ0v) is 39.6. The lowest BCUT2D eigenvalue weighted by Crippen LogP contribution is -3.00. The van der Waals surface area contributed by atoms with Crippen molar-refractivity contribution in [3.63, 3.8) is 0 Å². The molecule has 0 saturated carbocycles. The summed E-state index contributed by atoms with van der Waals surface area (Å²) in [6.07, 6.45) is 9.56. The fraction of sp³-hybridized carbons (Fsp3) is 0.422. The Kier molecular flexibility index (Phi) is 22.9. The van der Waals surface area contributed by atoms with Gasteiger partial charge in [-0.25, -0.2) is 8.42 Å². The average Bonchev–Trinajstić information content (AvgIpc) is 3.17. The van der Waals surface area contributed by atoms with E-state index in [1.807, 2.05) is 38.1 Å². The highest BCUT2D eigenvalue weighted by molar-refractivity contribution is 7.84. The predicted molar refractivity (Wildman–Crippen MR) is 224 cm³/mol. The average molecular weight is 961 g/mol. The quantitative estimate of drug-likeness (QED) is 0.0803. The number of benzene rings is 2. The molecule has 2 atom stereocenters. The molecule has 0 aliphatic carbocycles. The Hall–Kier alpha value is -4.74. The Bertz CT molecular complexity index is 1950. The Balaban J connectivity index is 0.000000531. The second-order valence-electron chi connectivity index (χ2n) is 15.6. The highest BCUT2D eigenvalue weighted by Gasteiger charge is 2.21. The minimum atomic E-state index is -3.92. The second kappa shape index (κ2) is 25.8. The van der Waals surface area contributed by atoms with E-state index < -0.39 is 10.1 Å². The van der Waals surface area contributed by atoms with Crippen LogP contribution in [0.3, 0.4) is 0 Å². The van der Waals surface area contributed by atoms with Gasteiger partial charge in [-0.05, 0) is 72.9 Å². The number of carbonyl (C=O) groups excluding carboxylic acids is 4. The van der Waals surface area contributed by atoms with Gasteiger partial charge in [0.2, 0.25) is 0 Å². The van der Waals surface area contributed by atoms with Gasteiger partial charge in [0.15, 0.2) is 24.8 Å². The van der Waals surface area contributed by atoms with Gasteiger partial charge in [0.1, 0.15) is 11.1 Å². The SMILES string of the molecule is CC(C)Cc1ccc(C(C)C(=O)OC[n+]2cccc(C(=O)N(C)C)c2)cc1.CC(C)Cc1ccc(C(C)C(=O)OC[n+]2cccc(C(=O)N(C)C)c2)cc1.CS(=O)(=O)[O-].[I-]. The second-order valence-corrected chi connectivity index (χ2v) is 17.0. The smallest absolute Gasteiger partial charge is 0.317 e. The number of aromatic nitrogens is 2. The first-order chi connectivity index (χ1) is 27.5. The molecule has 60 heavy (non-hydrogen) atoms. The number of amides is 2. The van der Waals surface area contributed by atoms with E-state index in [1.165, 1.54) is 20.9 Å². The molecule has 328 valence electrons. The number of halogens is 1. The van der Waals surface area contributed by atoms with E-state index >= 15 is 0 Å². The summed E-state index contributed by atoms with van der Waals surface area (Å²) in [6, 6.07) is 23.3. The lowest BCUT2D eigenvalue weighted by molar-refractivity contribution is -0.728. The summed E-state index contributed by atoms with van der Waals surface area (Å²) in [4.78, 5) is 51.9. The molecular formula is C45H61IN4O9S. The first-order valence-electron chi connectivity index (χ1n) is 19.4. The van der Waals surface area contributed by atoms with Gasteiger partial charge in [-0.2, -0.15) is 9.13 Å². The van der Waals surface area contributed by atoms with E-state index in [-0.39, 0.29) is 73.0 Å². The molecule has 0 bridgehead atoms. The van der Waals surface area contributed by atoms with Crippen molar-refractivity contribution in [2.45, 2.75) is 79.7 Å². The minimum absolute atomic E-state index is 0. The summed E-state index contributed by atoms with van der Waals surface area (Å²) < 4.78 is 41.5. The van der Waals surface area contributed by atoms with E-state index in [4.69, 9.17) is 22.4 Å². The van der Waals surface area contributed by atoms with Crippen LogP contribution in [0.25, 0.3) is 0 Å². The van der Waals surface area contributed by atoms with Gasteiger partial charge in [0.05, 0.1) is 22.0 Å². The van der Waals surface area contributed by atoms with Gasteiger partial charge >= 0.3 is 11.9 Å². The fourth-order valence-electron chi connectivity index (χ4n) is 5.60. The maximum absolute atomic E-state index is 12.4. The van der Waals surface area contributed by atoms with Crippen molar-refractivity contribution in [3.8, 4) is 0 Å². The van der Waals surface area contributed by atoms with E-state index in [1.54, 1.807) is 86.4 Å². The van der Waals surface area contributed by atoms with Crippen molar-refractivity contribution in [2.24, 2.45) is 11.8 Å². The number of rotatable bonds is 14. The number of carbonyl (C=O) groups is 4. The van der Waals surface area contributed by atoms with E-state index in [0.717, 1.165) is 24.0 Å². The van der Waals surface area contributed by atoms with Crippen LogP contribution in [0.1, 0.15) is 96.3 Å². The van der Waals surface area contributed by atoms with Crippen molar-refractivity contribution >= 4 is 33.9 Å². The molecule has 0 saturated heterocycles. The molecule has 0 fully saturated rings. The molecule has 2 aromatic carbocycles. The molecule has 0 radical (unpaired) electrons. The van der Waals surface area contributed by atoms with Gasteiger partial charge in [-0.3, -0.25) is 19.2 Å². The lowest BCUT2D eigenvalue weighted by Gasteiger charge is -2.12. The van der Waals surface area contributed by atoms with Crippen molar-refractivity contribution < 1.29 is 74.7 Å². The molecular weight excluding hydrogens is 899 g/mol. The van der Waals surface area contributed by atoms with Crippen LogP contribution < -0.4 is 33.1 Å². The fourth-order valence-corrected chi connectivity index (χ4v) is 5.60. The Morgan fingerprint density at radius 3 is 1.17 bits per heavy atom. The molecule has 2 aromatic heterocycles. The van der Waals surface area contributed by atoms with Crippen LogP contribution in [0, 0.1) is 11.8 Å². The van der Waals surface area contributed by atoms with Crippen molar-refractivity contribution in [3.05, 3.63) is 131 Å². The topological polar surface area (TPSA) is 158 Å². The normalized spacial score (nSPS) is 11.7. The van der Waals surface area contributed by atoms with Crippen LogP contribution in [0.2, 0.25) is 0 Å². The van der Waals surface area contributed by atoms with Gasteiger partial charge in [0, 0.05) is 46.6 Å². The van der Waals surface area contributed by atoms with Crippen LogP contribution in [0.15, 0.2) is 97.6 Å². The van der Waals surface area contributed by atoms with E-state index in [9.17, 15) is 19.2 Å². The third kappa shape index (κ3) is 20.0. The summed E-state index contributed by atoms with van der Waals surface area (Å²) >= 11 is 0. The Morgan fingerprint density at radius 2 is 0.900 bits per heavy atom. The molecule has 13 nitrogen and oxygen atoms in total. The van der Waals surface area contributed by atoms with Gasteiger partial charge in [-0.15, -0.1) is 0 Å². The van der Waals surface area contributed by atoms with E-state index in [2.05, 4.69) is 52.0 Å². The zero-order chi connectivity index (χ0) is 44.4. The number of hydrogen-bond donors (Lipinski definition) is 0. The molecule has 0 aliphatic heterocycles. The number of nitrogens with zero attached hydrogens (tertiary/aromatic N) is 4. The lowest BCUT2D eigenvalue weighted by atomic mass is 9.97. The molecule has 2 unspecified atom stereocenters. The standard InChI is InChI=1S/2C22H29N2O3.CH4O3S.HI/c2*1-16(2)13-18-8-10-19(11-9-18)17(3)22(26)27-15-24-12-6-7-20(14-24)21(25)23(4)5;1-5(2,3)4;/h2*6-12,14,16-17H,13,15H2,1-5H3;1H3,(H,2,3,4);1H/q2*+1;;/p-2. The van der Waals surface area contributed by atoms with Crippen LogP contribution in [0.5, 0.6) is 0 Å². The zero-order valence-electron chi connectivity index (χ0n) is 36.6. The predicted octanol–water partition coefficient (Wildman–Crippen LogP) is 2.52. The first kappa shape index (κ1) is 53.3. The maximum atomic E-state index is 12.4. The number of esters is 2. The minimum Gasteiger partial charge on any atom is -1.00 e. The summed E-state index contributed by atoms with van der Waals surface area (Å²) in [5, 5.41) is 0. The summed E-state index contributed by atoms with van der Waals surface area (Å²) in [6.45, 7) is 12.6. The molecule has 0 N–H and O–H groups in total. The summed E-state index contributed by atoms with van der Waals surface area (Å²) in [7, 11) is 2.89. The van der Waals surface area contributed by atoms with Crippen molar-refractivity contribution in [1.82, 2.24) is 9.80 Å². The molecule has 4 rings (SSSR count). The highest BCUT2D eigenvalue weighted by atomic mass is 127. The molecule has 2 amide bonds. The largest absolute Gasteiger partial charge is 1.00 e. The highest BCUT2D eigenvalue weighted by Crippen LogP contribution is 2.20. The van der Waals surface area contributed by atoms with Gasteiger partial charge in [0.25, 0.3) is 25.3 Å². The summed E-state index contributed by atoms with van der Waals surface area (Å²) in [5.41, 5.74) is 5.52. The number of ether oxygens (including phenoxy) is 2. The monoisotopic (exact) mass is 960 g/mol. The molecule has 0 spiro atoms. The van der Waals surface area contributed by atoms with Crippen molar-refractivity contribution in [1.29, 1.82) is 0 Å². The molecule has 0 aliphatic rings. The third-order valence-corrected chi connectivity index (χ3v) is 8.69. The van der Waals surface area contributed by atoms with Crippen LogP contribution in [-0.4, -0.2) is 81.0 Å².